The van der Waals surface area contributed by atoms with Crippen LogP contribution in [-0.2, 0) is 6.42 Å². The van der Waals surface area contributed by atoms with Gasteiger partial charge in [0.05, 0.1) is 10.5 Å². The molecule has 7 heteroatoms. The quantitative estimate of drug-likeness (QED) is 0.624. The summed E-state index contributed by atoms with van der Waals surface area (Å²) in [6.45, 7) is 0.418. The summed E-state index contributed by atoms with van der Waals surface area (Å²) in [6.07, 6.45) is 2.25. The zero-order valence-corrected chi connectivity index (χ0v) is 11.0. The highest BCUT2D eigenvalue weighted by Crippen LogP contribution is 2.25. The molecule has 0 radical (unpaired) electrons. The Bertz CT molecular complexity index is 659. The van der Waals surface area contributed by atoms with E-state index in [1.807, 2.05) is 12.1 Å². The molecule has 0 spiro atoms. The highest BCUT2D eigenvalue weighted by atomic mass is 16.6. The molecule has 1 heterocycles. The van der Waals surface area contributed by atoms with Crippen molar-refractivity contribution in [1.29, 1.82) is 0 Å². The second kappa shape index (κ2) is 6.47. The van der Waals surface area contributed by atoms with Crippen LogP contribution in [0.25, 0.3) is 0 Å². The molecule has 21 heavy (non-hydrogen) atoms. The largest absolute Gasteiger partial charge is 0.478 e. The first-order valence-electron chi connectivity index (χ1n) is 6.23. The third kappa shape index (κ3) is 3.75. The van der Waals surface area contributed by atoms with Crippen molar-refractivity contribution in [2.75, 3.05) is 11.9 Å². The number of nitrogens with one attached hydrogen (secondary N) is 1. The van der Waals surface area contributed by atoms with E-state index in [9.17, 15) is 14.9 Å². The Morgan fingerprint density at radius 3 is 2.76 bits per heavy atom. The minimum absolute atomic E-state index is 0.000867. The van der Waals surface area contributed by atoms with Crippen LogP contribution in [0.3, 0.4) is 0 Å². The second-order valence-corrected chi connectivity index (χ2v) is 4.29. The topological polar surface area (TPSA) is 105 Å². The number of carboxylic acids is 1. The van der Waals surface area contributed by atoms with Crippen LogP contribution in [-0.4, -0.2) is 27.5 Å². The third-order valence-electron chi connectivity index (χ3n) is 2.86. The Morgan fingerprint density at radius 1 is 1.33 bits per heavy atom. The van der Waals surface area contributed by atoms with Crippen molar-refractivity contribution >= 4 is 17.3 Å². The van der Waals surface area contributed by atoms with E-state index in [1.165, 1.54) is 18.2 Å². The van der Waals surface area contributed by atoms with Gasteiger partial charge in [-0.15, -0.1) is 0 Å². The minimum atomic E-state index is -1.13. The van der Waals surface area contributed by atoms with E-state index < -0.39 is 10.9 Å². The van der Waals surface area contributed by atoms with Gasteiger partial charge in [-0.1, -0.05) is 6.07 Å². The van der Waals surface area contributed by atoms with Crippen molar-refractivity contribution < 1.29 is 14.8 Å². The van der Waals surface area contributed by atoms with Gasteiger partial charge in [0.15, 0.2) is 0 Å². The van der Waals surface area contributed by atoms with Gasteiger partial charge in [-0.2, -0.15) is 0 Å². The number of rotatable bonds is 6. The van der Waals surface area contributed by atoms with Crippen molar-refractivity contribution in [3.8, 4) is 0 Å². The maximum Gasteiger partial charge on any atom is 0.335 e. The maximum absolute atomic E-state index is 10.9. The summed E-state index contributed by atoms with van der Waals surface area (Å²) >= 11 is 0. The maximum atomic E-state index is 10.9. The number of carboxylic acid groups (broad SMARTS) is 1. The number of nitrogens with zero attached hydrogens (tertiary/aromatic N) is 2. The fourth-order valence-electron chi connectivity index (χ4n) is 1.84. The molecule has 1 aromatic heterocycles. The number of benzene rings is 1. The van der Waals surface area contributed by atoms with Crippen LogP contribution < -0.4 is 5.32 Å². The van der Waals surface area contributed by atoms with E-state index in [0.29, 0.717) is 13.0 Å². The lowest BCUT2D eigenvalue weighted by Crippen LogP contribution is -2.09. The summed E-state index contributed by atoms with van der Waals surface area (Å²) in [5.41, 5.74) is 0.889. The van der Waals surface area contributed by atoms with Crippen molar-refractivity contribution in [2.24, 2.45) is 0 Å². The van der Waals surface area contributed by atoms with Gasteiger partial charge in [0.25, 0.3) is 5.69 Å². The first kappa shape index (κ1) is 14.4. The summed E-state index contributed by atoms with van der Waals surface area (Å²) < 4.78 is 0. The molecule has 0 amide bonds. The van der Waals surface area contributed by atoms with Crippen LogP contribution >= 0.6 is 0 Å². The number of anilines is 1. The molecule has 0 bridgehead atoms. The number of nitro groups is 1. The van der Waals surface area contributed by atoms with Gasteiger partial charge < -0.3 is 10.4 Å². The van der Waals surface area contributed by atoms with E-state index in [4.69, 9.17) is 5.11 Å². The van der Waals surface area contributed by atoms with E-state index in [0.717, 1.165) is 5.69 Å². The molecule has 0 aliphatic heterocycles. The highest BCUT2D eigenvalue weighted by Gasteiger charge is 2.16. The van der Waals surface area contributed by atoms with Crippen LogP contribution in [0.1, 0.15) is 16.1 Å². The monoisotopic (exact) mass is 287 g/mol. The zero-order chi connectivity index (χ0) is 15.2. The summed E-state index contributed by atoms with van der Waals surface area (Å²) in [4.78, 5) is 25.5. The van der Waals surface area contributed by atoms with Gasteiger partial charge in [0, 0.05) is 30.9 Å². The van der Waals surface area contributed by atoms with Crippen molar-refractivity contribution in [3.05, 3.63) is 64.0 Å². The van der Waals surface area contributed by atoms with Crippen LogP contribution in [0.5, 0.6) is 0 Å². The summed E-state index contributed by atoms with van der Waals surface area (Å²) in [5.74, 6) is -1.13. The number of nitro benzene ring substituents is 1. The molecule has 0 aliphatic rings. The summed E-state index contributed by atoms with van der Waals surface area (Å²) in [7, 11) is 0. The molecule has 0 saturated carbocycles. The fourth-order valence-corrected chi connectivity index (χ4v) is 1.84. The lowest BCUT2D eigenvalue weighted by atomic mass is 10.1. The van der Waals surface area contributed by atoms with Gasteiger partial charge in [0.2, 0.25) is 0 Å². The van der Waals surface area contributed by atoms with Gasteiger partial charge in [-0.3, -0.25) is 15.1 Å². The van der Waals surface area contributed by atoms with Gasteiger partial charge in [-0.05, 0) is 24.3 Å². The molecule has 0 fully saturated rings. The second-order valence-electron chi connectivity index (χ2n) is 4.29. The fraction of sp³-hybridized carbons (Fsp3) is 0.143. The number of aromatic carboxylic acids is 1. The van der Waals surface area contributed by atoms with Crippen LogP contribution in [0.2, 0.25) is 0 Å². The van der Waals surface area contributed by atoms with Gasteiger partial charge in [0.1, 0.15) is 5.69 Å². The average molecular weight is 287 g/mol. The Hall–Kier alpha value is -2.96. The zero-order valence-electron chi connectivity index (χ0n) is 11.0. The number of hydrogen-bond donors (Lipinski definition) is 2. The van der Waals surface area contributed by atoms with E-state index in [1.54, 1.807) is 12.3 Å². The van der Waals surface area contributed by atoms with Gasteiger partial charge >= 0.3 is 5.97 Å². The molecule has 0 unspecified atom stereocenters. The van der Waals surface area contributed by atoms with Crippen molar-refractivity contribution in [2.45, 2.75) is 6.42 Å². The summed E-state index contributed by atoms with van der Waals surface area (Å²) in [6, 6.07) is 9.17. The van der Waals surface area contributed by atoms with E-state index >= 15 is 0 Å². The first-order valence-corrected chi connectivity index (χ1v) is 6.23. The van der Waals surface area contributed by atoms with Gasteiger partial charge in [-0.25, -0.2) is 4.79 Å². The number of pyridine rings is 1. The smallest absolute Gasteiger partial charge is 0.335 e. The normalized spacial score (nSPS) is 10.1. The molecule has 0 saturated heterocycles. The van der Waals surface area contributed by atoms with Crippen LogP contribution in [0.4, 0.5) is 11.4 Å². The predicted molar refractivity (Wildman–Crippen MR) is 76.5 cm³/mol. The summed E-state index contributed by atoms with van der Waals surface area (Å²) in [5, 5.41) is 22.8. The van der Waals surface area contributed by atoms with Crippen molar-refractivity contribution in [3.63, 3.8) is 0 Å². The van der Waals surface area contributed by atoms with E-state index in [2.05, 4.69) is 10.3 Å². The Labute approximate surface area is 120 Å². The SMILES string of the molecule is O=C(O)c1ccc([N+](=O)[O-])c(NCCc2ccccn2)c1. The lowest BCUT2D eigenvalue weighted by Gasteiger charge is -2.07. The molecule has 2 N–H and O–H groups in total. The number of hydrogen-bond acceptors (Lipinski definition) is 5. The standard InChI is InChI=1S/C14H13N3O4/c18-14(19)10-4-5-13(17(20)21)12(9-10)16-8-6-11-3-1-2-7-15-11/h1-5,7,9,16H,6,8H2,(H,18,19). The third-order valence-corrected chi connectivity index (χ3v) is 2.86. The van der Waals surface area contributed by atoms with Crippen molar-refractivity contribution in [1.82, 2.24) is 4.98 Å². The lowest BCUT2D eigenvalue weighted by molar-refractivity contribution is -0.384. The molecule has 0 atom stereocenters. The molecule has 7 nitrogen and oxygen atoms in total. The van der Waals surface area contributed by atoms with Crippen LogP contribution in [0.15, 0.2) is 42.6 Å². The molecule has 1 aromatic carbocycles. The van der Waals surface area contributed by atoms with Crippen LogP contribution in [0, 0.1) is 10.1 Å². The molecule has 0 aliphatic carbocycles. The van der Waals surface area contributed by atoms with E-state index in [-0.39, 0.29) is 16.9 Å². The highest BCUT2D eigenvalue weighted by molar-refractivity contribution is 5.90. The first-order chi connectivity index (χ1) is 10.1. The molecule has 2 aromatic rings. The number of aromatic nitrogens is 1. The predicted octanol–water partition coefficient (Wildman–Crippen LogP) is 2.34. The minimum Gasteiger partial charge on any atom is -0.478 e. The molecule has 108 valence electrons. The number of carbonyl (C=O) groups is 1. The Kier molecular flexibility index (Phi) is 4.45. The Morgan fingerprint density at radius 2 is 2.14 bits per heavy atom. The Balaban J connectivity index is 2.12. The molecular weight excluding hydrogens is 274 g/mol. The molecular formula is C14H13N3O4. The molecule has 2 rings (SSSR count). The average Bonchev–Trinajstić information content (AvgIpc) is 2.48.